The number of carbonyl (C=O) groups excluding carboxylic acids is 1. The quantitative estimate of drug-likeness (QED) is 0.903. The number of nitrogens with one attached hydrogen (secondary N) is 2. The number of nitrogens with zero attached hydrogens (tertiary/aromatic N) is 2. The van der Waals surface area contributed by atoms with Crippen LogP contribution in [0.4, 0.5) is 10.6 Å². The second-order valence-corrected chi connectivity index (χ2v) is 5.07. The Morgan fingerprint density at radius 3 is 2.85 bits per heavy atom. The first-order chi connectivity index (χ1) is 9.65. The molecule has 0 saturated heterocycles. The molecule has 0 spiro atoms. The van der Waals surface area contributed by atoms with Gasteiger partial charge in [-0.15, -0.1) is 0 Å². The molecule has 0 atom stereocenters. The zero-order valence-electron chi connectivity index (χ0n) is 11.1. The Kier molecular flexibility index (Phi) is 5.06. The summed E-state index contributed by atoms with van der Waals surface area (Å²) in [6.45, 7) is 2.40. The Balaban J connectivity index is 1.79. The Morgan fingerprint density at radius 2 is 2.15 bits per heavy atom. The van der Waals surface area contributed by atoms with E-state index in [4.69, 9.17) is 0 Å². The van der Waals surface area contributed by atoms with Crippen LogP contribution in [0, 0.1) is 6.92 Å². The lowest BCUT2D eigenvalue weighted by atomic mass is 10.3. The monoisotopic (exact) mass is 334 g/mol. The Bertz CT molecular complexity index is 589. The second kappa shape index (κ2) is 7.00. The summed E-state index contributed by atoms with van der Waals surface area (Å²) in [5.41, 5.74) is 1.78. The smallest absolute Gasteiger partial charge is 0.320 e. The van der Waals surface area contributed by atoms with Crippen molar-refractivity contribution in [1.82, 2.24) is 15.3 Å². The minimum atomic E-state index is -0.268. The minimum Gasteiger partial charge on any atom is -0.337 e. The van der Waals surface area contributed by atoms with Crippen LogP contribution in [-0.2, 0) is 6.42 Å². The molecule has 2 aromatic rings. The van der Waals surface area contributed by atoms with Crippen LogP contribution in [0.1, 0.15) is 11.4 Å². The summed E-state index contributed by atoms with van der Waals surface area (Å²) in [6.07, 6.45) is 2.44. The zero-order chi connectivity index (χ0) is 14.4. The van der Waals surface area contributed by atoms with Crippen molar-refractivity contribution in [2.45, 2.75) is 13.3 Å². The number of anilines is 1. The lowest BCUT2D eigenvalue weighted by Crippen LogP contribution is -2.30. The van der Waals surface area contributed by atoms with E-state index >= 15 is 0 Å². The van der Waals surface area contributed by atoms with Crippen molar-refractivity contribution in [3.8, 4) is 0 Å². The molecule has 0 bridgehead atoms. The Hall–Kier alpha value is -1.95. The normalized spacial score (nSPS) is 10.1. The number of halogens is 1. The van der Waals surface area contributed by atoms with E-state index in [1.165, 1.54) is 0 Å². The van der Waals surface area contributed by atoms with Gasteiger partial charge in [0, 0.05) is 29.3 Å². The number of hydrogen-bond donors (Lipinski definition) is 2. The molecule has 0 saturated carbocycles. The molecule has 2 N–H and O–H groups in total. The summed E-state index contributed by atoms with van der Waals surface area (Å²) in [6, 6.07) is 9.05. The Morgan fingerprint density at radius 1 is 1.30 bits per heavy atom. The van der Waals surface area contributed by atoms with Crippen molar-refractivity contribution in [3.05, 3.63) is 52.4 Å². The number of rotatable bonds is 4. The number of urea groups is 1. The van der Waals surface area contributed by atoms with E-state index < -0.39 is 0 Å². The third-order valence-electron chi connectivity index (χ3n) is 2.66. The standard InChI is InChI=1S/C14H15BrN4O/c1-10-12(15)5-6-13(18-10)19-14(20)17-9-7-11-4-2-3-8-16-11/h2-6,8H,7,9H2,1H3,(H2,17,18,19,20). The molecular formula is C14H15BrN4O. The number of aromatic nitrogens is 2. The highest BCUT2D eigenvalue weighted by Crippen LogP contribution is 2.15. The van der Waals surface area contributed by atoms with Crippen molar-refractivity contribution in [3.63, 3.8) is 0 Å². The molecule has 0 radical (unpaired) electrons. The summed E-state index contributed by atoms with van der Waals surface area (Å²) in [4.78, 5) is 20.1. The van der Waals surface area contributed by atoms with Crippen LogP contribution < -0.4 is 10.6 Å². The van der Waals surface area contributed by atoms with Gasteiger partial charge in [-0.25, -0.2) is 9.78 Å². The van der Waals surface area contributed by atoms with Gasteiger partial charge in [0.25, 0.3) is 0 Å². The molecule has 2 amide bonds. The van der Waals surface area contributed by atoms with Crippen molar-refractivity contribution < 1.29 is 4.79 Å². The molecular weight excluding hydrogens is 320 g/mol. The fraction of sp³-hybridized carbons (Fsp3) is 0.214. The third-order valence-corrected chi connectivity index (χ3v) is 3.49. The van der Waals surface area contributed by atoms with Gasteiger partial charge in [0.05, 0.1) is 5.69 Å². The van der Waals surface area contributed by atoms with E-state index in [0.717, 1.165) is 15.9 Å². The van der Waals surface area contributed by atoms with Crippen LogP contribution in [0.2, 0.25) is 0 Å². The molecule has 0 aromatic carbocycles. The molecule has 5 nitrogen and oxygen atoms in total. The molecule has 6 heteroatoms. The maximum Gasteiger partial charge on any atom is 0.320 e. The van der Waals surface area contributed by atoms with Crippen LogP contribution in [0.15, 0.2) is 41.0 Å². The largest absolute Gasteiger partial charge is 0.337 e. The number of amides is 2. The summed E-state index contributed by atoms with van der Waals surface area (Å²) >= 11 is 3.37. The average molecular weight is 335 g/mol. The summed E-state index contributed by atoms with van der Waals surface area (Å²) < 4.78 is 0.915. The van der Waals surface area contributed by atoms with Gasteiger partial charge in [0.2, 0.25) is 0 Å². The molecule has 2 heterocycles. The van der Waals surface area contributed by atoms with E-state index in [1.54, 1.807) is 12.3 Å². The first kappa shape index (κ1) is 14.5. The molecule has 0 fully saturated rings. The SMILES string of the molecule is Cc1nc(NC(=O)NCCc2ccccn2)ccc1Br. The molecule has 104 valence electrons. The van der Waals surface area contributed by atoms with Gasteiger partial charge in [0.15, 0.2) is 0 Å². The lowest BCUT2D eigenvalue weighted by Gasteiger charge is -2.08. The highest BCUT2D eigenvalue weighted by atomic mass is 79.9. The van der Waals surface area contributed by atoms with Crippen LogP contribution in [-0.4, -0.2) is 22.5 Å². The van der Waals surface area contributed by atoms with Gasteiger partial charge in [0.1, 0.15) is 5.82 Å². The Labute approximate surface area is 126 Å². The van der Waals surface area contributed by atoms with Crippen molar-refractivity contribution in [2.24, 2.45) is 0 Å². The maximum atomic E-state index is 11.7. The predicted molar refractivity (Wildman–Crippen MR) is 81.6 cm³/mol. The van der Waals surface area contributed by atoms with Crippen molar-refractivity contribution in [2.75, 3.05) is 11.9 Å². The van der Waals surface area contributed by atoms with E-state index in [1.807, 2.05) is 31.2 Å². The average Bonchev–Trinajstić information content (AvgIpc) is 2.44. The maximum absolute atomic E-state index is 11.7. The fourth-order valence-electron chi connectivity index (χ4n) is 1.62. The summed E-state index contributed by atoms with van der Waals surface area (Å²) in [5.74, 6) is 0.529. The van der Waals surface area contributed by atoms with Gasteiger partial charge in [-0.3, -0.25) is 10.3 Å². The van der Waals surface area contributed by atoms with Crippen molar-refractivity contribution in [1.29, 1.82) is 0 Å². The zero-order valence-corrected chi connectivity index (χ0v) is 12.6. The number of pyridine rings is 2. The van der Waals surface area contributed by atoms with Gasteiger partial charge in [-0.05, 0) is 47.1 Å². The van der Waals surface area contributed by atoms with Crippen LogP contribution in [0.5, 0.6) is 0 Å². The fourth-order valence-corrected chi connectivity index (χ4v) is 1.85. The minimum absolute atomic E-state index is 0.268. The first-order valence-electron chi connectivity index (χ1n) is 6.23. The summed E-state index contributed by atoms with van der Waals surface area (Å²) in [7, 11) is 0. The van der Waals surface area contributed by atoms with Crippen LogP contribution >= 0.6 is 15.9 Å². The summed E-state index contributed by atoms with van der Waals surface area (Å²) in [5, 5.41) is 5.47. The van der Waals surface area contributed by atoms with Crippen LogP contribution in [0.3, 0.4) is 0 Å². The number of carbonyl (C=O) groups is 1. The van der Waals surface area contributed by atoms with Crippen molar-refractivity contribution >= 4 is 27.8 Å². The molecule has 0 aliphatic heterocycles. The van der Waals surface area contributed by atoms with E-state index in [9.17, 15) is 4.79 Å². The third kappa shape index (κ3) is 4.31. The molecule has 0 aliphatic rings. The van der Waals surface area contributed by atoms with Crippen LogP contribution in [0.25, 0.3) is 0 Å². The highest BCUT2D eigenvalue weighted by molar-refractivity contribution is 9.10. The molecule has 2 rings (SSSR count). The number of hydrogen-bond acceptors (Lipinski definition) is 3. The van der Waals surface area contributed by atoms with Gasteiger partial charge in [-0.2, -0.15) is 0 Å². The molecule has 0 aliphatic carbocycles. The second-order valence-electron chi connectivity index (χ2n) is 4.22. The topological polar surface area (TPSA) is 66.9 Å². The number of aryl methyl sites for hydroxylation is 1. The highest BCUT2D eigenvalue weighted by Gasteiger charge is 2.04. The predicted octanol–water partition coefficient (Wildman–Crippen LogP) is 2.91. The van der Waals surface area contributed by atoms with Gasteiger partial charge >= 0.3 is 6.03 Å². The van der Waals surface area contributed by atoms with E-state index in [-0.39, 0.29) is 6.03 Å². The van der Waals surface area contributed by atoms with E-state index in [2.05, 4.69) is 36.5 Å². The van der Waals surface area contributed by atoms with Gasteiger partial charge in [-0.1, -0.05) is 6.07 Å². The molecule has 0 unspecified atom stereocenters. The van der Waals surface area contributed by atoms with E-state index in [0.29, 0.717) is 18.8 Å². The first-order valence-corrected chi connectivity index (χ1v) is 7.02. The van der Waals surface area contributed by atoms with Gasteiger partial charge < -0.3 is 5.32 Å². The molecule has 20 heavy (non-hydrogen) atoms. The molecule has 2 aromatic heterocycles. The lowest BCUT2D eigenvalue weighted by molar-refractivity contribution is 0.252.